The van der Waals surface area contributed by atoms with Crippen LogP contribution in [0.2, 0.25) is 0 Å². The van der Waals surface area contributed by atoms with E-state index in [9.17, 15) is 19.0 Å². The van der Waals surface area contributed by atoms with Gasteiger partial charge in [0.15, 0.2) is 6.10 Å². The molecule has 48 heavy (non-hydrogen) atoms. The molecule has 0 fully saturated rings. The molecule has 0 aliphatic carbocycles. The van der Waals surface area contributed by atoms with E-state index in [2.05, 4.69) is 38.2 Å². The van der Waals surface area contributed by atoms with Crippen molar-refractivity contribution in [2.75, 3.05) is 19.8 Å². The van der Waals surface area contributed by atoms with Gasteiger partial charge in [-0.05, 0) is 51.9 Å². The number of hydrogen-bond acceptors (Lipinski definition) is 7. The lowest BCUT2D eigenvalue weighted by Crippen LogP contribution is -2.29. The maximum absolute atomic E-state index is 12.5. The maximum atomic E-state index is 12.5. The minimum atomic E-state index is -4.27. The number of carbonyl (C=O) groups is 2. The summed E-state index contributed by atoms with van der Waals surface area (Å²) in [4.78, 5) is 34.6. The molecule has 1 unspecified atom stereocenters. The van der Waals surface area contributed by atoms with Crippen molar-refractivity contribution in [3.8, 4) is 0 Å². The average molecular weight is 701 g/mol. The summed E-state index contributed by atoms with van der Waals surface area (Å²) in [6.07, 6.45) is 36.5. The van der Waals surface area contributed by atoms with Gasteiger partial charge in [-0.25, -0.2) is 4.57 Å². The molecular formula is C39H73O8P. The highest BCUT2D eigenvalue weighted by Gasteiger charge is 2.25. The monoisotopic (exact) mass is 701 g/mol. The number of rotatable bonds is 36. The number of unbranched alkanes of at least 4 members (excludes halogenated alkanes) is 20. The van der Waals surface area contributed by atoms with Gasteiger partial charge in [0.1, 0.15) is 6.61 Å². The van der Waals surface area contributed by atoms with Gasteiger partial charge >= 0.3 is 19.8 Å². The Kier molecular flexibility index (Phi) is 34.3. The molecule has 0 aliphatic rings. The molecule has 0 spiro atoms. The van der Waals surface area contributed by atoms with E-state index in [0.717, 1.165) is 57.8 Å². The van der Waals surface area contributed by atoms with Crippen LogP contribution in [0.5, 0.6) is 0 Å². The predicted octanol–water partition coefficient (Wildman–Crippen LogP) is 11.9. The van der Waals surface area contributed by atoms with Crippen molar-refractivity contribution in [3.05, 3.63) is 24.3 Å². The number of allylic oxidation sites excluding steroid dienone is 4. The smallest absolute Gasteiger partial charge is 0.462 e. The van der Waals surface area contributed by atoms with Crippen LogP contribution in [0.25, 0.3) is 0 Å². The van der Waals surface area contributed by atoms with Crippen LogP contribution in [-0.4, -0.2) is 42.8 Å². The minimum Gasteiger partial charge on any atom is -0.462 e. The summed E-state index contributed by atoms with van der Waals surface area (Å²) in [5.74, 6) is -0.809. The van der Waals surface area contributed by atoms with E-state index in [-0.39, 0.29) is 32.0 Å². The lowest BCUT2D eigenvalue weighted by molar-refractivity contribution is -0.161. The molecule has 0 heterocycles. The van der Waals surface area contributed by atoms with E-state index >= 15 is 0 Å². The largest absolute Gasteiger partial charge is 0.472 e. The van der Waals surface area contributed by atoms with Gasteiger partial charge in [-0.3, -0.25) is 18.6 Å². The Morgan fingerprint density at radius 2 is 1.00 bits per heavy atom. The van der Waals surface area contributed by atoms with E-state index in [1.54, 1.807) is 6.92 Å². The molecule has 0 saturated carbocycles. The summed E-state index contributed by atoms with van der Waals surface area (Å²) in [6.45, 7) is 5.43. The van der Waals surface area contributed by atoms with Gasteiger partial charge in [-0.15, -0.1) is 0 Å². The molecule has 0 saturated heterocycles. The Hall–Kier alpha value is -1.47. The van der Waals surface area contributed by atoms with E-state index in [0.29, 0.717) is 6.42 Å². The summed E-state index contributed by atoms with van der Waals surface area (Å²) in [6, 6.07) is 0. The number of ether oxygens (including phenoxy) is 2. The van der Waals surface area contributed by atoms with Gasteiger partial charge in [0.05, 0.1) is 13.2 Å². The van der Waals surface area contributed by atoms with Crippen LogP contribution in [0.1, 0.15) is 188 Å². The summed E-state index contributed by atoms with van der Waals surface area (Å²) < 4.78 is 32.5. The van der Waals surface area contributed by atoms with Crippen LogP contribution in [0.15, 0.2) is 24.3 Å². The minimum absolute atomic E-state index is 0.000181. The zero-order valence-electron chi connectivity index (χ0n) is 31.1. The van der Waals surface area contributed by atoms with Gasteiger partial charge in [-0.1, -0.05) is 147 Å². The molecule has 0 radical (unpaired) electrons. The molecule has 0 amide bonds. The Balaban J connectivity index is 4.15. The average Bonchev–Trinajstić information content (AvgIpc) is 3.06. The topological polar surface area (TPSA) is 108 Å². The molecule has 0 bridgehead atoms. The van der Waals surface area contributed by atoms with Gasteiger partial charge < -0.3 is 14.4 Å². The highest BCUT2D eigenvalue weighted by atomic mass is 31.2. The van der Waals surface area contributed by atoms with Gasteiger partial charge in [0.2, 0.25) is 0 Å². The van der Waals surface area contributed by atoms with Gasteiger partial charge in [0, 0.05) is 12.8 Å². The quantitative estimate of drug-likeness (QED) is 0.0298. The molecule has 0 rings (SSSR count). The number of esters is 2. The molecule has 0 aromatic rings. The Labute approximate surface area is 294 Å². The molecule has 0 aromatic heterocycles. The second kappa shape index (κ2) is 35.4. The summed E-state index contributed by atoms with van der Waals surface area (Å²) >= 11 is 0. The van der Waals surface area contributed by atoms with Crippen LogP contribution < -0.4 is 0 Å². The molecular weight excluding hydrogens is 627 g/mol. The van der Waals surface area contributed by atoms with Crippen molar-refractivity contribution in [3.63, 3.8) is 0 Å². The molecule has 0 aromatic carbocycles. The van der Waals surface area contributed by atoms with E-state index in [4.69, 9.17) is 18.5 Å². The Morgan fingerprint density at radius 1 is 0.562 bits per heavy atom. The normalized spacial score (nSPS) is 13.7. The fourth-order valence-electron chi connectivity index (χ4n) is 5.36. The zero-order valence-corrected chi connectivity index (χ0v) is 32.0. The third-order valence-corrected chi connectivity index (χ3v) is 9.32. The molecule has 0 aliphatic heterocycles. The highest BCUT2D eigenvalue weighted by Crippen LogP contribution is 2.43. The van der Waals surface area contributed by atoms with Crippen LogP contribution >= 0.6 is 7.82 Å². The maximum Gasteiger partial charge on any atom is 0.472 e. The number of phosphoric ester groups is 1. The first-order valence-corrected chi connectivity index (χ1v) is 21.1. The Bertz CT molecular complexity index is 844. The SMILES string of the molecule is CCCCC/C=C\C/C=C\CCCCCCCC(=O)OC[C@H](COP(=O)(O)OCC)OC(=O)CCCCCCCCCCCCCCC. The van der Waals surface area contributed by atoms with Crippen molar-refractivity contribution in [1.82, 2.24) is 0 Å². The predicted molar refractivity (Wildman–Crippen MR) is 198 cm³/mol. The van der Waals surface area contributed by atoms with Crippen molar-refractivity contribution in [2.24, 2.45) is 0 Å². The fraction of sp³-hybridized carbons (Fsp3) is 0.846. The summed E-state index contributed by atoms with van der Waals surface area (Å²) in [7, 11) is -4.27. The number of carbonyl (C=O) groups excluding carboxylic acids is 2. The lowest BCUT2D eigenvalue weighted by Gasteiger charge is -2.19. The van der Waals surface area contributed by atoms with Crippen molar-refractivity contribution in [1.29, 1.82) is 0 Å². The molecule has 2 atom stereocenters. The number of hydrogen-bond donors (Lipinski definition) is 1. The van der Waals surface area contributed by atoms with Gasteiger partial charge in [0.25, 0.3) is 0 Å². The lowest BCUT2D eigenvalue weighted by atomic mass is 10.0. The van der Waals surface area contributed by atoms with Gasteiger partial charge in [-0.2, -0.15) is 0 Å². The number of phosphoric acid groups is 1. The second-order valence-electron chi connectivity index (χ2n) is 13.0. The first kappa shape index (κ1) is 46.5. The molecule has 8 nitrogen and oxygen atoms in total. The van der Waals surface area contributed by atoms with Crippen molar-refractivity contribution >= 4 is 19.8 Å². The Morgan fingerprint density at radius 3 is 1.52 bits per heavy atom. The van der Waals surface area contributed by atoms with Crippen LogP contribution in [0.3, 0.4) is 0 Å². The van der Waals surface area contributed by atoms with E-state index < -0.39 is 26.5 Å². The molecule has 9 heteroatoms. The van der Waals surface area contributed by atoms with E-state index in [1.165, 1.54) is 89.9 Å². The molecule has 282 valence electrons. The summed E-state index contributed by atoms with van der Waals surface area (Å²) in [5.41, 5.74) is 0. The fourth-order valence-corrected chi connectivity index (χ4v) is 6.12. The highest BCUT2D eigenvalue weighted by molar-refractivity contribution is 7.47. The van der Waals surface area contributed by atoms with Crippen LogP contribution in [0, 0.1) is 0 Å². The van der Waals surface area contributed by atoms with Crippen molar-refractivity contribution < 1.29 is 37.6 Å². The van der Waals surface area contributed by atoms with Crippen LogP contribution in [-0.2, 0) is 32.7 Å². The third kappa shape index (κ3) is 34.4. The van der Waals surface area contributed by atoms with Crippen molar-refractivity contribution in [2.45, 2.75) is 194 Å². The van der Waals surface area contributed by atoms with E-state index in [1.807, 2.05) is 0 Å². The molecule has 1 N–H and O–H groups in total. The first-order valence-electron chi connectivity index (χ1n) is 19.6. The zero-order chi connectivity index (χ0) is 35.4. The standard InChI is InChI=1S/C39H73O8P/c1-4-7-9-11-13-15-17-19-20-22-23-25-27-29-31-33-38(40)44-35-37(36-46-48(42,43)45-6-3)47-39(41)34-32-30-28-26-24-21-18-16-14-12-10-8-5-2/h13,15,19-20,37H,4-12,14,16-18,21-36H2,1-3H3,(H,42,43)/b15-13-,20-19-/t37-/m1/s1. The first-order chi connectivity index (χ1) is 23.3. The van der Waals surface area contributed by atoms with Crippen LogP contribution in [0.4, 0.5) is 0 Å². The summed E-state index contributed by atoms with van der Waals surface area (Å²) in [5, 5.41) is 0. The third-order valence-electron chi connectivity index (χ3n) is 8.26. The second-order valence-corrected chi connectivity index (χ2v) is 14.4.